The molecule has 0 spiro atoms. The summed E-state index contributed by atoms with van der Waals surface area (Å²) in [5.41, 5.74) is 1.55. The number of nitrogens with zero attached hydrogens (tertiary/aromatic N) is 1. The number of carboxylic acids is 1. The topological polar surface area (TPSA) is 70.0 Å². The van der Waals surface area contributed by atoms with Crippen molar-refractivity contribution in [2.24, 2.45) is 0 Å². The SMILES string of the molecule is Cc1cccc(CC2(CO)CN(CC(=O)O)CCO2)c1. The second-order valence-electron chi connectivity index (χ2n) is 5.46. The van der Waals surface area contributed by atoms with Gasteiger partial charge in [0.25, 0.3) is 0 Å². The van der Waals surface area contributed by atoms with Crippen molar-refractivity contribution in [1.82, 2.24) is 4.90 Å². The Hall–Kier alpha value is -1.43. The average Bonchev–Trinajstić information content (AvgIpc) is 2.38. The van der Waals surface area contributed by atoms with Gasteiger partial charge in [-0.05, 0) is 12.5 Å². The molecule has 0 aromatic heterocycles. The van der Waals surface area contributed by atoms with E-state index in [0.717, 1.165) is 11.1 Å². The smallest absolute Gasteiger partial charge is 0.317 e. The van der Waals surface area contributed by atoms with E-state index in [1.54, 1.807) is 0 Å². The van der Waals surface area contributed by atoms with Gasteiger partial charge >= 0.3 is 5.97 Å². The molecule has 5 heteroatoms. The monoisotopic (exact) mass is 279 g/mol. The summed E-state index contributed by atoms with van der Waals surface area (Å²) in [5.74, 6) is -0.853. The maximum Gasteiger partial charge on any atom is 0.317 e. The van der Waals surface area contributed by atoms with Crippen LogP contribution in [0.25, 0.3) is 0 Å². The van der Waals surface area contributed by atoms with Crippen LogP contribution in [0.15, 0.2) is 24.3 Å². The molecule has 1 fully saturated rings. The minimum atomic E-state index is -0.853. The van der Waals surface area contributed by atoms with Crippen molar-refractivity contribution in [2.75, 3.05) is 32.8 Å². The molecule has 1 heterocycles. The Morgan fingerprint density at radius 3 is 2.95 bits per heavy atom. The number of carbonyl (C=O) groups is 1. The fourth-order valence-corrected chi connectivity index (χ4v) is 2.70. The van der Waals surface area contributed by atoms with Gasteiger partial charge in [0.05, 0.1) is 19.8 Å². The molecule has 1 unspecified atom stereocenters. The molecular formula is C15H21NO4. The number of benzene rings is 1. The van der Waals surface area contributed by atoms with Crippen molar-refractivity contribution < 1.29 is 19.7 Å². The van der Waals surface area contributed by atoms with Crippen molar-refractivity contribution in [1.29, 1.82) is 0 Å². The van der Waals surface area contributed by atoms with Crippen molar-refractivity contribution >= 4 is 5.97 Å². The molecule has 1 aromatic carbocycles. The Labute approximate surface area is 118 Å². The lowest BCUT2D eigenvalue weighted by Crippen LogP contribution is -2.56. The van der Waals surface area contributed by atoms with Gasteiger partial charge in [0.1, 0.15) is 5.60 Å². The number of hydrogen-bond donors (Lipinski definition) is 2. The van der Waals surface area contributed by atoms with Crippen molar-refractivity contribution in [3.05, 3.63) is 35.4 Å². The van der Waals surface area contributed by atoms with Gasteiger partial charge in [-0.3, -0.25) is 9.69 Å². The van der Waals surface area contributed by atoms with Crippen molar-refractivity contribution in [3.63, 3.8) is 0 Å². The number of aliphatic hydroxyl groups excluding tert-OH is 1. The fraction of sp³-hybridized carbons (Fsp3) is 0.533. The number of hydrogen-bond acceptors (Lipinski definition) is 4. The number of ether oxygens (including phenoxy) is 1. The summed E-state index contributed by atoms with van der Waals surface area (Å²) in [6.07, 6.45) is 0.585. The Morgan fingerprint density at radius 2 is 2.30 bits per heavy atom. The lowest BCUT2D eigenvalue weighted by molar-refractivity contribution is -0.150. The van der Waals surface area contributed by atoms with Crippen LogP contribution in [0.1, 0.15) is 11.1 Å². The number of carboxylic acid groups (broad SMARTS) is 1. The largest absolute Gasteiger partial charge is 0.480 e. The third-order valence-electron chi connectivity index (χ3n) is 3.58. The van der Waals surface area contributed by atoms with E-state index in [4.69, 9.17) is 9.84 Å². The average molecular weight is 279 g/mol. The molecule has 1 aromatic rings. The molecule has 1 saturated heterocycles. The third-order valence-corrected chi connectivity index (χ3v) is 3.58. The summed E-state index contributed by atoms with van der Waals surface area (Å²) < 4.78 is 5.79. The van der Waals surface area contributed by atoms with Crippen LogP contribution in [0.2, 0.25) is 0 Å². The van der Waals surface area contributed by atoms with Gasteiger partial charge in [-0.15, -0.1) is 0 Å². The number of morpholine rings is 1. The van der Waals surface area contributed by atoms with Crippen LogP contribution in [0, 0.1) is 6.92 Å². The van der Waals surface area contributed by atoms with Crippen molar-refractivity contribution in [3.8, 4) is 0 Å². The standard InChI is InChI=1S/C15H21NO4/c1-12-3-2-4-13(7-12)8-15(11-17)10-16(5-6-20-15)9-14(18)19/h2-4,7,17H,5-6,8-11H2,1H3,(H,18,19). The third kappa shape index (κ3) is 3.79. The van der Waals surface area contributed by atoms with Crippen LogP contribution in [0.3, 0.4) is 0 Å². The van der Waals surface area contributed by atoms with E-state index < -0.39 is 11.6 Å². The van der Waals surface area contributed by atoms with Gasteiger partial charge in [-0.1, -0.05) is 29.8 Å². The molecule has 20 heavy (non-hydrogen) atoms. The molecule has 0 bridgehead atoms. The molecule has 2 N–H and O–H groups in total. The molecular weight excluding hydrogens is 258 g/mol. The van der Waals surface area contributed by atoms with E-state index >= 15 is 0 Å². The Balaban J connectivity index is 2.10. The quantitative estimate of drug-likeness (QED) is 0.829. The summed E-state index contributed by atoms with van der Waals surface area (Å²) in [5, 5.41) is 18.6. The van der Waals surface area contributed by atoms with E-state index in [0.29, 0.717) is 26.1 Å². The highest BCUT2D eigenvalue weighted by Crippen LogP contribution is 2.23. The predicted octanol–water partition coefficient (Wildman–Crippen LogP) is 0.685. The van der Waals surface area contributed by atoms with Gasteiger partial charge in [0.2, 0.25) is 0 Å². The summed E-state index contributed by atoms with van der Waals surface area (Å²) in [4.78, 5) is 12.6. The first-order valence-corrected chi connectivity index (χ1v) is 6.77. The normalized spacial score (nSPS) is 23.7. The Morgan fingerprint density at radius 1 is 1.50 bits per heavy atom. The maximum absolute atomic E-state index is 10.8. The van der Waals surface area contributed by atoms with Gasteiger partial charge in [0.15, 0.2) is 0 Å². The molecule has 0 aliphatic carbocycles. The zero-order valence-corrected chi connectivity index (χ0v) is 11.7. The second kappa shape index (κ2) is 6.35. The molecule has 1 aliphatic heterocycles. The highest BCUT2D eigenvalue weighted by molar-refractivity contribution is 5.69. The Kier molecular flexibility index (Phi) is 4.75. The van der Waals surface area contributed by atoms with Crippen LogP contribution < -0.4 is 0 Å². The highest BCUT2D eigenvalue weighted by atomic mass is 16.5. The predicted molar refractivity (Wildman–Crippen MR) is 74.7 cm³/mol. The van der Waals surface area contributed by atoms with Gasteiger partial charge < -0.3 is 14.9 Å². The van der Waals surface area contributed by atoms with E-state index in [-0.39, 0.29) is 13.2 Å². The molecule has 5 nitrogen and oxygen atoms in total. The summed E-state index contributed by atoms with van der Waals surface area (Å²) in [6, 6.07) is 8.07. The highest BCUT2D eigenvalue weighted by Gasteiger charge is 2.36. The molecule has 0 saturated carbocycles. The zero-order valence-electron chi connectivity index (χ0n) is 11.7. The zero-order chi connectivity index (χ0) is 14.6. The van der Waals surface area contributed by atoms with E-state index in [1.165, 1.54) is 0 Å². The van der Waals surface area contributed by atoms with Crippen molar-refractivity contribution in [2.45, 2.75) is 18.9 Å². The first-order valence-electron chi connectivity index (χ1n) is 6.77. The van der Waals surface area contributed by atoms with Gasteiger partial charge in [0, 0.05) is 19.5 Å². The van der Waals surface area contributed by atoms with E-state index in [1.807, 2.05) is 30.0 Å². The summed E-state index contributed by atoms with van der Waals surface area (Å²) in [7, 11) is 0. The lowest BCUT2D eigenvalue weighted by atomic mass is 9.92. The molecule has 110 valence electrons. The van der Waals surface area contributed by atoms with Gasteiger partial charge in [-0.25, -0.2) is 0 Å². The maximum atomic E-state index is 10.8. The lowest BCUT2D eigenvalue weighted by Gasteiger charge is -2.41. The van der Waals surface area contributed by atoms with E-state index in [2.05, 4.69) is 6.07 Å². The van der Waals surface area contributed by atoms with Crippen LogP contribution in [0.5, 0.6) is 0 Å². The van der Waals surface area contributed by atoms with Crippen LogP contribution >= 0.6 is 0 Å². The van der Waals surface area contributed by atoms with Crippen LogP contribution in [-0.4, -0.2) is 59.5 Å². The Bertz CT molecular complexity index is 477. The molecule has 1 atom stereocenters. The minimum absolute atomic E-state index is 0.0150. The first kappa shape index (κ1) is 15.0. The fourth-order valence-electron chi connectivity index (χ4n) is 2.70. The first-order chi connectivity index (χ1) is 9.53. The number of aliphatic carboxylic acids is 1. The molecule has 2 rings (SSSR count). The number of aryl methyl sites for hydroxylation is 1. The molecule has 0 radical (unpaired) electrons. The van der Waals surface area contributed by atoms with E-state index in [9.17, 15) is 9.90 Å². The van der Waals surface area contributed by atoms with Crippen LogP contribution in [0.4, 0.5) is 0 Å². The molecule has 0 amide bonds. The molecule has 1 aliphatic rings. The van der Waals surface area contributed by atoms with Crippen LogP contribution in [-0.2, 0) is 16.0 Å². The summed E-state index contributed by atoms with van der Waals surface area (Å²) >= 11 is 0. The number of rotatable bonds is 5. The number of aliphatic hydroxyl groups is 1. The minimum Gasteiger partial charge on any atom is -0.480 e. The van der Waals surface area contributed by atoms with Gasteiger partial charge in [-0.2, -0.15) is 0 Å². The second-order valence-corrected chi connectivity index (χ2v) is 5.46. The summed E-state index contributed by atoms with van der Waals surface area (Å²) in [6.45, 7) is 3.36.